The van der Waals surface area contributed by atoms with Gasteiger partial charge in [-0.2, -0.15) is 0 Å². The van der Waals surface area contributed by atoms with E-state index in [-0.39, 0.29) is 0 Å². The molecule has 0 aliphatic carbocycles. The Kier molecular flexibility index (Phi) is 4.63. The van der Waals surface area contributed by atoms with Crippen molar-refractivity contribution >= 4 is 27.3 Å². The zero-order chi connectivity index (χ0) is 12.1. The molecule has 2 aromatic rings. The molecule has 0 saturated heterocycles. The average Bonchev–Trinajstić information content (AvgIpc) is 2.84. The van der Waals surface area contributed by atoms with Crippen molar-refractivity contribution in [2.24, 2.45) is 0 Å². The summed E-state index contributed by atoms with van der Waals surface area (Å²) in [5, 5.41) is 0.864. The number of hydrogen-bond acceptors (Lipinski definition) is 2. The highest BCUT2D eigenvalue weighted by Gasteiger charge is 2.00. The predicted octanol–water partition coefficient (Wildman–Crippen LogP) is 4.78. The third-order valence-corrected chi connectivity index (χ3v) is 4.35. The first-order valence-electron chi connectivity index (χ1n) is 5.67. The van der Waals surface area contributed by atoms with Crippen LogP contribution in [-0.4, -0.2) is 0 Å². The van der Waals surface area contributed by atoms with E-state index in [9.17, 15) is 0 Å². The van der Waals surface area contributed by atoms with E-state index in [1.54, 1.807) is 0 Å². The van der Waals surface area contributed by atoms with Crippen LogP contribution in [0.2, 0.25) is 0 Å². The van der Waals surface area contributed by atoms with Crippen molar-refractivity contribution in [2.75, 3.05) is 0 Å². The second-order valence-electron chi connectivity index (χ2n) is 3.79. The first-order valence-corrected chi connectivity index (χ1v) is 7.61. The smallest absolute Gasteiger partial charge is 0.122 e. The lowest BCUT2D eigenvalue weighted by Gasteiger charge is -2.05. The van der Waals surface area contributed by atoms with Crippen molar-refractivity contribution in [3.05, 3.63) is 51.7 Å². The van der Waals surface area contributed by atoms with Crippen LogP contribution in [0.3, 0.4) is 0 Å². The number of rotatable bonds is 5. The molecule has 0 saturated carbocycles. The van der Waals surface area contributed by atoms with Gasteiger partial charge in [-0.25, -0.2) is 0 Å². The Bertz CT molecular complexity index is 479. The number of thiophene rings is 1. The van der Waals surface area contributed by atoms with E-state index in [0.717, 1.165) is 17.5 Å². The number of ether oxygens (including phenoxy) is 1. The first kappa shape index (κ1) is 12.7. The molecule has 0 atom stereocenters. The Morgan fingerprint density at radius 3 is 2.71 bits per heavy atom. The zero-order valence-corrected chi connectivity index (χ0v) is 12.2. The molecule has 0 unspecified atom stereocenters. The Morgan fingerprint density at radius 1 is 1.18 bits per heavy atom. The van der Waals surface area contributed by atoms with Crippen LogP contribution in [-0.2, 0) is 18.4 Å². The lowest BCUT2D eigenvalue weighted by Crippen LogP contribution is -1.93. The van der Waals surface area contributed by atoms with Crippen LogP contribution in [0.5, 0.6) is 5.75 Å². The van der Waals surface area contributed by atoms with Gasteiger partial charge in [0.25, 0.3) is 0 Å². The van der Waals surface area contributed by atoms with Crippen molar-refractivity contribution in [3.63, 3.8) is 0 Å². The van der Waals surface area contributed by atoms with Gasteiger partial charge in [-0.05, 0) is 36.2 Å². The molecule has 1 aromatic carbocycles. The molecule has 0 aliphatic rings. The van der Waals surface area contributed by atoms with Gasteiger partial charge in [0.2, 0.25) is 0 Å². The Morgan fingerprint density at radius 2 is 2.00 bits per heavy atom. The van der Waals surface area contributed by atoms with Crippen LogP contribution in [0.1, 0.15) is 22.2 Å². The van der Waals surface area contributed by atoms with Crippen LogP contribution in [0.25, 0.3) is 0 Å². The van der Waals surface area contributed by atoms with E-state index in [1.165, 1.54) is 15.3 Å². The summed E-state index contributed by atoms with van der Waals surface area (Å²) in [6.45, 7) is 2.84. The van der Waals surface area contributed by atoms with Crippen LogP contribution in [0.15, 0.2) is 36.4 Å². The SMILES string of the molecule is CCc1ccc(COc2cccc(CBr)c2)s1. The first-order chi connectivity index (χ1) is 8.31. The number of benzene rings is 1. The topological polar surface area (TPSA) is 9.23 Å². The second kappa shape index (κ2) is 6.22. The van der Waals surface area contributed by atoms with Gasteiger partial charge in [0, 0.05) is 15.1 Å². The molecule has 1 aromatic heterocycles. The van der Waals surface area contributed by atoms with Gasteiger partial charge in [0.05, 0.1) is 0 Å². The van der Waals surface area contributed by atoms with Gasteiger partial charge in [-0.1, -0.05) is 35.0 Å². The molecular weight excluding hydrogens is 296 g/mol. The van der Waals surface area contributed by atoms with Crippen LogP contribution in [0.4, 0.5) is 0 Å². The zero-order valence-electron chi connectivity index (χ0n) is 9.78. The summed E-state index contributed by atoms with van der Waals surface area (Å²) in [6.07, 6.45) is 1.10. The van der Waals surface area contributed by atoms with Gasteiger partial charge >= 0.3 is 0 Å². The lowest BCUT2D eigenvalue weighted by molar-refractivity contribution is 0.309. The van der Waals surface area contributed by atoms with Crippen LogP contribution < -0.4 is 4.74 Å². The quantitative estimate of drug-likeness (QED) is 0.722. The van der Waals surface area contributed by atoms with Gasteiger partial charge in [0.1, 0.15) is 12.4 Å². The maximum atomic E-state index is 5.78. The molecule has 1 heterocycles. The standard InChI is InChI=1S/C14H15BrOS/c1-2-13-6-7-14(17-13)10-16-12-5-3-4-11(8-12)9-15/h3-8H,2,9-10H2,1H3. The molecule has 0 N–H and O–H groups in total. The highest BCUT2D eigenvalue weighted by atomic mass is 79.9. The van der Waals surface area contributed by atoms with Crippen LogP contribution >= 0.6 is 27.3 Å². The summed E-state index contributed by atoms with van der Waals surface area (Å²) in [6, 6.07) is 12.5. The fourth-order valence-electron chi connectivity index (χ4n) is 1.56. The fourth-order valence-corrected chi connectivity index (χ4v) is 2.78. The van der Waals surface area contributed by atoms with Gasteiger partial charge in [0.15, 0.2) is 0 Å². The number of hydrogen-bond donors (Lipinski definition) is 0. The third kappa shape index (κ3) is 3.58. The monoisotopic (exact) mass is 310 g/mol. The van der Waals surface area contributed by atoms with Gasteiger partial charge in [-0.15, -0.1) is 11.3 Å². The summed E-state index contributed by atoms with van der Waals surface area (Å²) in [4.78, 5) is 2.70. The molecule has 0 aliphatic heterocycles. The summed E-state index contributed by atoms with van der Waals surface area (Å²) in [7, 11) is 0. The maximum absolute atomic E-state index is 5.78. The number of halogens is 1. The highest BCUT2D eigenvalue weighted by Crippen LogP contribution is 2.21. The van der Waals surface area contributed by atoms with E-state index in [4.69, 9.17) is 4.74 Å². The molecule has 0 amide bonds. The molecule has 0 spiro atoms. The van der Waals surface area contributed by atoms with Crippen LogP contribution in [0, 0.1) is 0 Å². The summed E-state index contributed by atoms with van der Waals surface area (Å²) in [5.41, 5.74) is 1.24. The maximum Gasteiger partial charge on any atom is 0.122 e. The third-order valence-electron chi connectivity index (χ3n) is 2.50. The molecule has 17 heavy (non-hydrogen) atoms. The molecule has 90 valence electrons. The van der Waals surface area contributed by atoms with E-state index in [0.29, 0.717) is 6.61 Å². The minimum Gasteiger partial charge on any atom is -0.488 e. The van der Waals surface area contributed by atoms with E-state index in [2.05, 4.69) is 47.1 Å². The Balaban J connectivity index is 1.96. The second-order valence-corrected chi connectivity index (χ2v) is 5.60. The number of alkyl halides is 1. The summed E-state index contributed by atoms with van der Waals surface area (Å²) in [5.74, 6) is 0.938. The predicted molar refractivity (Wildman–Crippen MR) is 77.1 cm³/mol. The summed E-state index contributed by atoms with van der Waals surface area (Å²) < 4.78 is 5.78. The van der Waals surface area contributed by atoms with Gasteiger partial charge in [-0.3, -0.25) is 0 Å². The van der Waals surface area contributed by atoms with Crippen molar-refractivity contribution in [1.82, 2.24) is 0 Å². The van der Waals surface area contributed by atoms with Crippen molar-refractivity contribution in [2.45, 2.75) is 25.3 Å². The molecular formula is C14H15BrOS. The highest BCUT2D eigenvalue weighted by molar-refractivity contribution is 9.08. The molecule has 3 heteroatoms. The van der Waals surface area contributed by atoms with E-state index in [1.807, 2.05) is 23.5 Å². The molecule has 2 rings (SSSR count). The lowest BCUT2D eigenvalue weighted by atomic mass is 10.2. The minimum absolute atomic E-state index is 0.663. The Labute approximate surface area is 115 Å². The summed E-state index contributed by atoms with van der Waals surface area (Å²) >= 11 is 5.27. The average molecular weight is 311 g/mol. The minimum atomic E-state index is 0.663. The molecule has 0 radical (unpaired) electrons. The van der Waals surface area contributed by atoms with Crippen molar-refractivity contribution < 1.29 is 4.74 Å². The van der Waals surface area contributed by atoms with Gasteiger partial charge < -0.3 is 4.74 Å². The Hall–Kier alpha value is -0.800. The van der Waals surface area contributed by atoms with E-state index >= 15 is 0 Å². The number of aryl methyl sites for hydroxylation is 1. The molecule has 1 nitrogen and oxygen atoms in total. The fraction of sp³-hybridized carbons (Fsp3) is 0.286. The molecule has 0 bridgehead atoms. The normalized spacial score (nSPS) is 10.5. The van der Waals surface area contributed by atoms with Crippen molar-refractivity contribution in [3.8, 4) is 5.75 Å². The molecule has 0 fully saturated rings. The largest absolute Gasteiger partial charge is 0.488 e. The van der Waals surface area contributed by atoms with E-state index < -0.39 is 0 Å². The van der Waals surface area contributed by atoms with Crippen molar-refractivity contribution in [1.29, 1.82) is 0 Å².